The molecule has 3 N–H and O–H groups in total. The van der Waals surface area contributed by atoms with Gasteiger partial charge < -0.3 is 11.1 Å². The second-order valence-corrected chi connectivity index (χ2v) is 5.97. The van der Waals surface area contributed by atoms with Gasteiger partial charge in [0.05, 0.1) is 5.56 Å². The average Bonchev–Trinajstić information content (AvgIpc) is 2.27. The number of alkyl halides is 3. The van der Waals surface area contributed by atoms with Crippen molar-refractivity contribution >= 4 is 22.2 Å². The maximum atomic E-state index is 12.8. The van der Waals surface area contributed by atoms with E-state index in [9.17, 15) is 17.4 Å². The molecule has 0 aliphatic heterocycles. The molecule has 0 aliphatic rings. The number of rotatable bonds is 5. The predicted molar refractivity (Wildman–Crippen MR) is 72.5 cm³/mol. The molecular weight excluding hydrogens is 277 g/mol. The van der Waals surface area contributed by atoms with Gasteiger partial charge in [-0.1, -0.05) is 0 Å². The third-order valence-electron chi connectivity index (χ3n) is 2.59. The summed E-state index contributed by atoms with van der Waals surface area (Å²) in [5, 5.41) is 2.79. The van der Waals surface area contributed by atoms with Crippen molar-refractivity contribution in [3.8, 4) is 0 Å². The van der Waals surface area contributed by atoms with Crippen molar-refractivity contribution in [3.63, 3.8) is 0 Å². The summed E-state index contributed by atoms with van der Waals surface area (Å²) in [6.45, 7) is 1.75. The minimum Gasteiger partial charge on any atom is -0.399 e. The molecule has 2 atom stereocenters. The first-order valence-electron chi connectivity index (χ1n) is 5.73. The van der Waals surface area contributed by atoms with Gasteiger partial charge in [0, 0.05) is 40.2 Å². The van der Waals surface area contributed by atoms with Crippen molar-refractivity contribution in [1.29, 1.82) is 0 Å². The topological polar surface area (TPSA) is 55.1 Å². The van der Waals surface area contributed by atoms with Gasteiger partial charge in [-0.3, -0.25) is 4.21 Å². The quantitative estimate of drug-likeness (QED) is 0.821. The molecule has 19 heavy (non-hydrogen) atoms. The van der Waals surface area contributed by atoms with Crippen LogP contribution in [-0.2, 0) is 17.0 Å². The Bertz CT molecular complexity index is 463. The second-order valence-electron chi connectivity index (χ2n) is 4.41. The molecule has 1 rings (SSSR count). The Hall–Kier alpha value is -1.24. The summed E-state index contributed by atoms with van der Waals surface area (Å²) in [4.78, 5) is 0. The van der Waals surface area contributed by atoms with Gasteiger partial charge in [-0.25, -0.2) is 0 Å². The van der Waals surface area contributed by atoms with Crippen molar-refractivity contribution in [2.45, 2.75) is 25.6 Å². The van der Waals surface area contributed by atoms with E-state index in [2.05, 4.69) is 5.32 Å². The second kappa shape index (κ2) is 6.27. The van der Waals surface area contributed by atoms with Crippen LogP contribution < -0.4 is 11.1 Å². The first kappa shape index (κ1) is 15.8. The minimum atomic E-state index is -4.45. The van der Waals surface area contributed by atoms with E-state index in [0.717, 1.165) is 6.07 Å². The lowest BCUT2D eigenvalue weighted by molar-refractivity contribution is -0.136. The molecule has 0 aromatic heterocycles. The summed E-state index contributed by atoms with van der Waals surface area (Å²) in [6.07, 6.45) is -2.35. The molecule has 0 amide bonds. The summed E-state index contributed by atoms with van der Waals surface area (Å²) in [5.74, 6) is 0.449. The van der Waals surface area contributed by atoms with Gasteiger partial charge in [0.25, 0.3) is 0 Å². The third kappa shape index (κ3) is 5.10. The first-order chi connectivity index (χ1) is 8.70. The fraction of sp³-hybridized carbons (Fsp3) is 0.500. The van der Waals surface area contributed by atoms with Crippen LogP contribution >= 0.6 is 0 Å². The van der Waals surface area contributed by atoms with Gasteiger partial charge in [0.2, 0.25) is 0 Å². The summed E-state index contributed by atoms with van der Waals surface area (Å²) in [6, 6.07) is 3.45. The zero-order chi connectivity index (χ0) is 14.6. The highest BCUT2D eigenvalue weighted by Gasteiger charge is 2.33. The van der Waals surface area contributed by atoms with Crippen LogP contribution in [-0.4, -0.2) is 22.3 Å². The predicted octanol–water partition coefficient (Wildman–Crippen LogP) is 2.86. The Morgan fingerprint density at radius 2 is 2.05 bits per heavy atom. The molecule has 3 nitrogen and oxygen atoms in total. The Balaban J connectivity index is 2.86. The smallest absolute Gasteiger partial charge is 0.399 e. The number of nitrogens with one attached hydrogen (secondary N) is 1. The summed E-state index contributed by atoms with van der Waals surface area (Å²) in [7, 11) is -0.952. The van der Waals surface area contributed by atoms with Gasteiger partial charge in [-0.05, 0) is 31.5 Å². The Kier molecular flexibility index (Phi) is 5.22. The molecule has 0 bridgehead atoms. The van der Waals surface area contributed by atoms with Crippen LogP contribution in [0.4, 0.5) is 24.5 Å². The molecule has 0 saturated carbocycles. The van der Waals surface area contributed by atoms with E-state index < -0.39 is 22.5 Å². The van der Waals surface area contributed by atoms with Crippen LogP contribution in [0, 0.1) is 0 Å². The Labute approximate surface area is 112 Å². The molecule has 2 unspecified atom stereocenters. The standard InChI is InChI=1S/C12H17F3N2OS/c1-8(5-6-19(2)18)17-11-4-3-9(16)7-10(11)12(13,14)15/h3-4,7-8,17H,5-6,16H2,1-2H3. The highest BCUT2D eigenvalue weighted by Crippen LogP contribution is 2.36. The molecule has 0 saturated heterocycles. The van der Waals surface area contributed by atoms with Gasteiger partial charge in [-0.15, -0.1) is 0 Å². The molecule has 0 fully saturated rings. The van der Waals surface area contributed by atoms with Crippen LogP contribution in [0.15, 0.2) is 18.2 Å². The van der Waals surface area contributed by atoms with E-state index >= 15 is 0 Å². The van der Waals surface area contributed by atoms with Crippen LogP contribution in [0.5, 0.6) is 0 Å². The Morgan fingerprint density at radius 3 is 2.58 bits per heavy atom. The highest BCUT2D eigenvalue weighted by molar-refractivity contribution is 7.84. The molecule has 1 aromatic carbocycles. The van der Waals surface area contributed by atoms with Crippen molar-refractivity contribution in [1.82, 2.24) is 0 Å². The number of anilines is 2. The van der Waals surface area contributed by atoms with E-state index in [1.807, 2.05) is 0 Å². The SMILES string of the molecule is CC(CCS(C)=O)Nc1ccc(N)cc1C(F)(F)F. The monoisotopic (exact) mass is 294 g/mol. The fourth-order valence-corrected chi connectivity index (χ4v) is 2.29. The van der Waals surface area contributed by atoms with Crippen LogP contribution in [0.3, 0.4) is 0 Å². The lowest BCUT2D eigenvalue weighted by Gasteiger charge is -2.19. The molecule has 7 heteroatoms. The molecule has 1 aromatic rings. The van der Waals surface area contributed by atoms with E-state index in [-0.39, 0.29) is 17.4 Å². The minimum absolute atomic E-state index is 0.00362. The van der Waals surface area contributed by atoms with Crippen molar-refractivity contribution < 1.29 is 17.4 Å². The first-order valence-corrected chi connectivity index (χ1v) is 7.46. The largest absolute Gasteiger partial charge is 0.418 e. The number of halogens is 3. The van der Waals surface area contributed by atoms with Crippen molar-refractivity contribution in [2.24, 2.45) is 0 Å². The lowest BCUT2D eigenvalue weighted by Crippen LogP contribution is -2.20. The Morgan fingerprint density at radius 1 is 1.42 bits per heavy atom. The molecule has 0 spiro atoms. The van der Waals surface area contributed by atoms with Gasteiger partial charge in [-0.2, -0.15) is 13.2 Å². The van der Waals surface area contributed by atoms with E-state index in [0.29, 0.717) is 12.2 Å². The average molecular weight is 294 g/mol. The molecule has 0 radical (unpaired) electrons. The van der Waals surface area contributed by atoms with Gasteiger partial charge in [0.15, 0.2) is 0 Å². The van der Waals surface area contributed by atoms with Crippen LogP contribution in [0.1, 0.15) is 18.9 Å². The molecule has 0 aliphatic carbocycles. The maximum absolute atomic E-state index is 12.8. The molecular formula is C12H17F3N2OS. The van der Waals surface area contributed by atoms with E-state index in [4.69, 9.17) is 5.73 Å². The summed E-state index contributed by atoms with van der Waals surface area (Å²) < 4.78 is 49.5. The number of nitrogens with two attached hydrogens (primary N) is 1. The van der Waals surface area contributed by atoms with Gasteiger partial charge in [0.1, 0.15) is 0 Å². The van der Waals surface area contributed by atoms with Crippen LogP contribution in [0.25, 0.3) is 0 Å². The third-order valence-corrected chi connectivity index (χ3v) is 3.40. The zero-order valence-corrected chi connectivity index (χ0v) is 11.6. The lowest BCUT2D eigenvalue weighted by atomic mass is 10.1. The summed E-state index contributed by atoms with van der Waals surface area (Å²) in [5.41, 5.74) is 4.67. The molecule has 108 valence electrons. The normalized spacial score (nSPS) is 15.0. The van der Waals surface area contributed by atoms with E-state index in [1.54, 1.807) is 13.2 Å². The number of hydrogen-bond acceptors (Lipinski definition) is 3. The number of nitrogen functional groups attached to an aromatic ring is 1. The fourth-order valence-electron chi connectivity index (χ4n) is 1.60. The van der Waals surface area contributed by atoms with Gasteiger partial charge >= 0.3 is 6.18 Å². The zero-order valence-electron chi connectivity index (χ0n) is 10.8. The number of hydrogen-bond donors (Lipinski definition) is 2. The molecule has 0 heterocycles. The number of benzene rings is 1. The van der Waals surface area contributed by atoms with E-state index in [1.165, 1.54) is 12.1 Å². The highest BCUT2D eigenvalue weighted by atomic mass is 32.2. The van der Waals surface area contributed by atoms with Crippen molar-refractivity contribution in [3.05, 3.63) is 23.8 Å². The van der Waals surface area contributed by atoms with Crippen LogP contribution in [0.2, 0.25) is 0 Å². The van der Waals surface area contributed by atoms with Crippen molar-refractivity contribution in [2.75, 3.05) is 23.1 Å². The summed E-state index contributed by atoms with van der Waals surface area (Å²) >= 11 is 0. The maximum Gasteiger partial charge on any atom is 0.418 e.